The molecule has 3 aromatic heterocycles. The van der Waals surface area contributed by atoms with Gasteiger partial charge in [-0.2, -0.15) is 0 Å². The van der Waals surface area contributed by atoms with Gasteiger partial charge in [0, 0.05) is 66.3 Å². The van der Waals surface area contributed by atoms with Gasteiger partial charge in [-0.05, 0) is 29.8 Å². The van der Waals surface area contributed by atoms with E-state index in [1.165, 1.54) is 5.69 Å². The second-order valence-corrected chi connectivity index (χ2v) is 7.88. The van der Waals surface area contributed by atoms with E-state index in [0.29, 0.717) is 0 Å². The molecule has 0 spiro atoms. The van der Waals surface area contributed by atoms with Crippen molar-refractivity contribution in [1.29, 1.82) is 0 Å². The minimum Gasteiger partial charge on any atom is -0.462 e. The van der Waals surface area contributed by atoms with Crippen molar-refractivity contribution in [2.75, 3.05) is 31.1 Å². The number of nitrogens with zero attached hydrogens (tertiary/aromatic N) is 3. The Kier molecular flexibility index (Phi) is 4.39. The number of piperazine rings is 1. The molecule has 5 aromatic rings. The highest BCUT2D eigenvalue weighted by Crippen LogP contribution is 2.35. The second-order valence-electron chi connectivity index (χ2n) is 7.88. The van der Waals surface area contributed by atoms with Crippen LogP contribution in [-0.2, 0) is 0 Å². The molecule has 0 radical (unpaired) electrons. The normalized spacial score (nSPS) is 14.4. The third-order valence-corrected chi connectivity index (χ3v) is 6.02. The van der Waals surface area contributed by atoms with Crippen LogP contribution in [0.3, 0.4) is 0 Å². The Balaban J connectivity index is 1.36. The first-order chi connectivity index (χ1) is 15.4. The molecule has 1 aliphatic rings. The molecule has 31 heavy (non-hydrogen) atoms. The fourth-order valence-electron chi connectivity index (χ4n) is 4.37. The molecule has 0 aliphatic carbocycles. The average Bonchev–Trinajstić information content (AvgIpc) is 3.27. The lowest BCUT2D eigenvalue weighted by Gasteiger charge is -2.29. The van der Waals surface area contributed by atoms with Gasteiger partial charge in [-0.1, -0.05) is 36.4 Å². The van der Waals surface area contributed by atoms with Crippen LogP contribution >= 0.6 is 0 Å². The number of aromatic nitrogens is 2. The van der Waals surface area contributed by atoms with Crippen molar-refractivity contribution in [2.24, 2.45) is 0 Å². The van der Waals surface area contributed by atoms with E-state index < -0.39 is 0 Å². The Morgan fingerprint density at radius 1 is 0.806 bits per heavy atom. The van der Waals surface area contributed by atoms with E-state index >= 15 is 0 Å². The quantitative estimate of drug-likeness (QED) is 0.451. The summed E-state index contributed by atoms with van der Waals surface area (Å²) < 4.78 is 5.93. The smallest absolute Gasteiger partial charge is 0.153 e. The Hall–Kier alpha value is -3.70. The summed E-state index contributed by atoms with van der Waals surface area (Å²) in [5, 5.41) is 4.50. The van der Waals surface area contributed by atoms with Crippen molar-refractivity contribution >= 4 is 27.7 Å². The predicted molar refractivity (Wildman–Crippen MR) is 125 cm³/mol. The number of anilines is 1. The maximum Gasteiger partial charge on any atom is 0.153 e. The van der Waals surface area contributed by atoms with Gasteiger partial charge >= 0.3 is 0 Å². The highest BCUT2D eigenvalue weighted by molar-refractivity contribution is 6.01. The summed E-state index contributed by atoms with van der Waals surface area (Å²) >= 11 is 0. The average molecular weight is 406 g/mol. The zero-order valence-electron chi connectivity index (χ0n) is 17.1. The molecular formula is C26H22N4O. The summed E-state index contributed by atoms with van der Waals surface area (Å²) in [7, 11) is 0. The molecule has 4 heterocycles. The molecule has 2 aromatic carbocycles. The molecular weight excluding hydrogens is 384 g/mol. The summed E-state index contributed by atoms with van der Waals surface area (Å²) in [6.45, 7) is 4.17. The van der Waals surface area contributed by atoms with E-state index in [9.17, 15) is 0 Å². The third-order valence-electron chi connectivity index (χ3n) is 6.02. The van der Waals surface area contributed by atoms with Gasteiger partial charge in [0.05, 0.1) is 5.52 Å². The molecule has 0 saturated carbocycles. The molecule has 1 N–H and O–H groups in total. The summed E-state index contributed by atoms with van der Waals surface area (Å²) in [6.07, 6.45) is 5.54. The molecule has 0 atom stereocenters. The maximum absolute atomic E-state index is 5.93. The number of nitrogens with one attached hydrogen (secondary N) is 1. The Morgan fingerprint density at radius 3 is 2.52 bits per heavy atom. The summed E-state index contributed by atoms with van der Waals surface area (Å²) in [5.41, 5.74) is 8.07. The van der Waals surface area contributed by atoms with Crippen LogP contribution < -0.4 is 10.2 Å². The van der Waals surface area contributed by atoms with E-state index in [4.69, 9.17) is 9.40 Å². The lowest BCUT2D eigenvalue weighted by Crippen LogP contribution is -2.43. The van der Waals surface area contributed by atoms with Crippen LogP contribution in [0.2, 0.25) is 0 Å². The van der Waals surface area contributed by atoms with Gasteiger partial charge in [0.2, 0.25) is 0 Å². The van der Waals surface area contributed by atoms with E-state index in [1.54, 1.807) is 6.26 Å². The largest absolute Gasteiger partial charge is 0.462 e. The fourth-order valence-corrected chi connectivity index (χ4v) is 4.37. The van der Waals surface area contributed by atoms with E-state index in [1.807, 2.05) is 24.5 Å². The van der Waals surface area contributed by atoms with Gasteiger partial charge < -0.3 is 14.6 Å². The Morgan fingerprint density at radius 2 is 1.65 bits per heavy atom. The molecule has 1 saturated heterocycles. The van der Waals surface area contributed by atoms with E-state index in [0.717, 1.165) is 70.4 Å². The zero-order valence-corrected chi connectivity index (χ0v) is 17.1. The highest BCUT2D eigenvalue weighted by atomic mass is 16.3. The summed E-state index contributed by atoms with van der Waals surface area (Å²) in [4.78, 5) is 11.8. The van der Waals surface area contributed by atoms with Crippen LogP contribution in [0, 0.1) is 0 Å². The standard InChI is InChI=1S/C26H22N4O/c1-3-19-4-2-10-28-25(19)22(5-1)23-17-31-24-15-20(16-29-26(23)24)18-6-8-21(9-7-18)30-13-11-27-12-14-30/h1-10,15-17,27H,11-14H2. The Labute approximate surface area is 180 Å². The van der Waals surface area contributed by atoms with Crippen molar-refractivity contribution in [1.82, 2.24) is 15.3 Å². The fraction of sp³-hybridized carbons (Fsp3) is 0.154. The first kappa shape index (κ1) is 18.1. The zero-order chi connectivity index (χ0) is 20.6. The first-order valence-electron chi connectivity index (χ1n) is 10.6. The minimum absolute atomic E-state index is 0.784. The number of pyridine rings is 2. The van der Waals surface area contributed by atoms with Gasteiger partial charge in [-0.15, -0.1) is 0 Å². The van der Waals surface area contributed by atoms with Crippen molar-refractivity contribution in [3.63, 3.8) is 0 Å². The van der Waals surface area contributed by atoms with Crippen LogP contribution in [-0.4, -0.2) is 36.1 Å². The predicted octanol–water partition coefficient (Wildman–Crippen LogP) is 5.12. The number of para-hydroxylation sites is 1. The monoisotopic (exact) mass is 406 g/mol. The van der Waals surface area contributed by atoms with Gasteiger partial charge in [0.1, 0.15) is 11.8 Å². The summed E-state index contributed by atoms with van der Waals surface area (Å²) in [6, 6.07) is 21.0. The number of rotatable bonds is 3. The van der Waals surface area contributed by atoms with Crippen molar-refractivity contribution in [3.8, 4) is 22.3 Å². The molecule has 5 heteroatoms. The third kappa shape index (κ3) is 3.23. The molecule has 1 fully saturated rings. The Bertz CT molecular complexity index is 1360. The molecule has 6 rings (SSSR count). The van der Waals surface area contributed by atoms with Crippen molar-refractivity contribution in [2.45, 2.75) is 0 Å². The SMILES string of the molecule is c1cnc2c(-c3coc4cc(-c5ccc(N6CCNCC6)cc5)cnc34)cccc2c1. The van der Waals surface area contributed by atoms with Crippen LogP contribution in [0.15, 0.2) is 83.7 Å². The number of fused-ring (bicyclic) bond motifs is 2. The lowest BCUT2D eigenvalue weighted by atomic mass is 10.0. The van der Waals surface area contributed by atoms with Gasteiger partial charge in [0.25, 0.3) is 0 Å². The maximum atomic E-state index is 5.93. The molecule has 152 valence electrons. The second kappa shape index (κ2) is 7.52. The van der Waals surface area contributed by atoms with E-state index in [-0.39, 0.29) is 0 Å². The van der Waals surface area contributed by atoms with Gasteiger partial charge in [-0.25, -0.2) is 0 Å². The lowest BCUT2D eigenvalue weighted by molar-refractivity contribution is 0.589. The molecule has 5 nitrogen and oxygen atoms in total. The van der Waals surface area contributed by atoms with Crippen molar-refractivity contribution < 1.29 is 4.42 Å². The van der Waals surface area contributed by atoms with E-state index in [2.05, 4.69) is 63.7 Å². The van der Waals surface area contributed by atoms with Gasteiger partial charge in [-0.3, -0.25) is 9.97 Å². The topological polar surface area (TPSA) is 54.2 Å². The number of hydrogen-bond acceptors (Lipinski definition) is 5. The molecule has 0 bridgehead atoms. The molecule has 1 aliphatic heterocycles. The van der Waals surface area contributed by atoms with Crippen LogP contribution in [0.25, 0.3) is 44.3 Å². The summed E-state index contributed by atoms with van der Waals surface area (Å²) in [5.74, 6) is 0. The molecule has 0 unspecified atom stereocenters. The van der Waals surface area contributed by atoms with Crippen LogP contribution in [0.1, 0.15) is 0 Å². The highest BCUT2D eigenvalue weighted by Gasteiger charge is 2.15. The van der Waals surface area contributed by atoms with Crippen LogP contribution in [0.5, 0.6) is 0 Å². The minimum atomic E-state index is 0.784. The first-order valence-corrected chi connectivity index (χ1v) is 10.6. The number of furan rings is 1. The number of benzene rings is 2. The van der Waals surface area contributed by atoms with Crippen LogP contribution in [0.4, 0.5) is 5.69 Å². The molecule has 0 amide bonds. The van der Waals surface area contributed by atoms with Gasteiger partial charge in [0.15, 0.2) is 5.58 Å². The van der Waals surface area contributed by atoms with Crippen molar-refractivity contribution in [3.05, 3.63) is 79.3 Å². The number of hydrogen-bond donors (Lipinski definition) is 1.